The van der Waals surface area contributed by atoms with Crippen molar-refractivity contribution in [2.45, 2.75) is 58.8 Å². The van der Waals surface area contributed by atoms with Crippen LogP contribution < -0.4 is 10.6 Å². The Morgan fingerprint density at radius 2 is 2.13 bits per heavy atom. The van der Waals surface area contributed by atoms with E-state index in [0.717, 1.165) is 30.9 Å². The lowest BCUT2D eigenvalue weighted by atomic mass is 9.92. The Morgan fingerprint density at radius 1 is 1.35 bits per heavy atom. The van der Waals surface area contributed by atoms with Crippen LogP contribution in [0.4, 0.5) is 5.82 Å². The minimum atomic E-state index is -0.220. The van der Waals surface area contributed by atoms with Crippen LogP contribution in [0, 0.1) is 0 Å². The summed E-state index contributed by atoms with van der Waals surface area (Å²) in [4.78, 5) is 19.2. The van der Waals surface area contributed by atoms with E-state index in [1.807, 2.05) is 0 Å². The van der Waals surface area contributed by atoms with Gasteiger partial charge in [-0.15, -0.1) is 5.10 Å². The third kappa shape index (κ3) is 2.90. The van der Waals surface area contributed by atoms with Crippen molar-refractivity contribution in [2.75, 3.05) is 11.4 Å². The van der Waals surface area contributed by atoms with Crippen LogP contribution in [0.15, 0.2) is 22.8 Å². The Bertz CT molecular complexity index is 793. The maximum Gasteiger partial charge on any atom is 0.347 e. The number of nitrogens with zero attached hydrogens (tertiary/aromatic N) is 4. The van der Waals surface area contributed by atoms with Gasteiger partial charge in [0.25, 0.3) is 0 Å². The maximum atomic E-state index is 12.1. The largest absolute Gasteiger partial charge is 0.347 e. The van der Waals surface area contributed by atoms with E-state index in [2.05, 4.69) is 48.9 Å². The number of aromatic nitrogens is 4. The van der Waals surface area contributed by atoms with Crippen molar-refractivity contribution in [3.63, 3.8) is 0 Å². The number of fused-ring (bicyclic) bond motifs is 1. The maximum absolute atomic E-state index is 12.1. The average Bonchev–Trinajstić information content (AvgIpc) is 2.90. The SMILES string of the molecule is CCN(C1=CCCCC1)c1nc(C(C)(C)C)cn2c(=O)[nH]nc12. The van der Waals surface area contributed by atoms with Crippen molar-refractivity contribution < 1.29 is 0 Å². The zero-order valence-corrected chi connectivity index (χ0v) is 14.4. The van der Waals surface area contributed by atoms with Gasteiger partial charge in [0, 0.05) is 23.9 Å². The predicted octanol–water partition coefficient (Wildman–Crippen LogP) is 3.00. The first kappa shape index (κ1) is 15.8. The molecular formula is C17H25N5O. The minimum absolute atomic E-state index is 0.139. The van der Waals surface area contributed by atoms with Crippen molar-refractivity contribution in [2.24, 2.45) is 0 Å². The molecule has 0 aromatic carbocycles. The number of allylic oxidation sites excluding steroid dienone is 2. The fourth-order valence-corrected chi connectivity index (χ4v) is 3.00. The first-order valence-corrected chi connectivity index (χ1v) is 8.36. The summed E-state index contributed by atoms with van der Waals surface area (Å²) in [5.74, 6) is 0.770. The first-order chi connectivity index (χ1) is 10.9. The van der Waals surface area contributed by atoms with Gasteiger partial charge in [-0.3, -0.25) is 0 Å². The predicted molar refractivity (Wildman–Crippen MR) is 91.9 cm³/mol. The lowest BCUT2D eigenvalue weighted by Crippen LogP contribution is -2.27. The van der Waals surface area contributed by atoms with Crippen molar-refractivity contribution in [1.82, 2.24) is 19.6 Å². The molecule has 1 N–H and O–H groups in total. The molecule has 0 spiro atoms. The smallest absolute Gasteiger partial charge is 0.328 e. The molecule has 0 aliphatic heterocycles. The summed E-state index contributed by atoms with van der Waals surface area (Å²) < 4.78 is 1.58. The third-order valence-corrected chi connectivity index (χ3v) is 4.34. The zero-order valence-electron chi connectivity index (χ0n) is 14.4. The molecule has 2 aromatic heterocycles. The fraction of sp³-hybridized carbons (Fsp3) is 0.588. The number of aromatic amines is 1. The Morgan fingerprint density at radius 3 is 2.74 bits per heavy atom. The molecule has 0 atom stereocenters. The molecule has 0 unspecified atom stereocenters. The van der Waals surface area contributed by atoms with Crippen molar-refractivity contribution >= 4 is 11.5 Å². The summed E-state index contributed by atoms with van der Waals surface area (Å²) in [6.45, 7) is 9.23. The highest BCUT2D eigenvalue weighted by atomic mass is 16.1. The molecule has 23 heavy (non-hydrogen) atoms. The topological polar surface area (TPSA) is 66.3 Å². The second-order valence-corrected chi connectivity index (χ2v) is 7.11. The molecule has 1 aliphatic rings. The van der Waals surface area contributed by atoms with Crippen LogP contribution in [0.1, 0.15) is 59.1 Å². The summed E-state index contributed by atoms with van der Waals surface area (Å²) in [6.07, 6.45) is 8.69. The van der Waals surface area contributed by atoms with E-state index in [4.69, 9.17) is 4.98 Å². The standard InChI is InChI=1S/C17H25N5O/c1-5-21(12-9-7-6-8-10-12)14-15-19-20-16(23)22(15)11-13(18-14)17(2,3)4/h9,11H,5-8,10H2,1-4H3,(H,20,23). The Kier molecular flexibility index (Phi) is 4.00. The quantitative estimate of drug-likeness (QED) is 0.945. The van der Waals surface area contributed by atoms with Crippen LogP contribution >= 0.6 is 0 Å². The van der Waals surface area contributed by atoms with E-state index in [1.54, 1.807) is 10.6 Å². The fourth-order valence-electron chi connectivity index (χ4n) is 3.00. The minimum Gasteiger partial charge on any atom is -0.328 e. The highest BCUT2D eigenvalue weighted by Gasteiger charge is 2.24. The van der Waals surface area contributed by atoms with Gasteiger partial charge in [-0.25, -0.2) is 19.3 Å². The molecule has 3 rings (SSSR count). The molecule has 1 aliphatic carbocycles. The normalized spacial score (nSPS) is 15.7. The zero-order chi connectivity index (χ0) is 16.6. The van der Waals surface area contributed by atoms with Crippen LogP contribution in [-0.4, -0.2) is 26.1 Å². The molecule has 0 saturated carbocycles. The average molecular weight is 315 g/mol. The summed E-state index contributed by atoms with van der Waals surface area (Å²) in [5.41, 5.74) is 2.41. The van der Waals surface area contributed by atoms with Crippen LogP contribution in [-0.2, 0) is 5.41 Å². The van der Waals surface area contributed by atoms with Gasteiger partial charge in [0.05, 0.1) is 5.69 Å². The number of hydrogen-bond acceptors (Lipinski definition) is 4. The van der Waals surface area contributed by atoms with Crippen LogP contribution in [0.25, 0.3) is 5.65 Å². The van der Waals surface area contributed by atoms with Crippen LogP contribution in [0.5, 0.6) is 0 Å². The molecule has 0 fully saturated rings. The lowest BCUT2D eigenvalue weighted by Gasteiger charge is -2.29. The molecule has 6 nitrogen and oxygen atoms in total. The van der Waals surface area contributed by atoms with Gasteiger partial charge < -0.3 is 4.90 Å². The summed E-state index contributed by atoms with van der Waals surface area (Å²) in [7, 11) is 0. The number of hydrogen-bond donors (Lipinski definition) is 1. The molecule has 6 heteroatoms. The molecule has 0 bridgehead atoms. The number of rotatable bonds is 3. The number of anilines is 1. The van der Waals surface area contributed by atoms with Gasteiger partial charge in [0.2, 0.25) is 5.65 Å². The molecule has 2 aromatic rings. The summed E-state index contributed by atoms with van der Waals surface area (Å²) in [6, 6.07) is 0. The Hall–Kier alpha value is -2.11. The first-order valence-electron chi connectivity index (χ1n) is 8.36. The van der Waals surface area contributed by atoms with Crippen molar-refractivity contribution in [3.8, 4) is 0 Å². The van der Waals surface area contributed by atoms with E-state index in [1.165, 1.54) is 18.5 Å². The van der Waals surface area contributed by atoms with Crippen LogP contribution in [0.3, 0.4) is 0 Å². The second kappa shape index (κ2) is 5.83. The summed E-state index contributed by atoms with van der Waals surface area (Å²) in [5, 5.41) is 6.75. The van der Waals surface area contributed by atoms with Gasteiger partial charge in [-0.2, -0.15) is 0 Å². The van der Waals surface area contributed by atoms with Gasteiger partial charge in [0.1, 0.15) is 0 Å². The van der Waals surface area contributed by atoms with Gasteiger partial charge in [-0.05, 0) is 32.6 Å². The van der Waals surface area contributed by atoms with E-state index in [0.29, 0.717) is 5.65 Å². The van der Waals surface area contributed by atoms with Gasteiger partial charge >= 0.3 is 5.69 Å². The van der Waals surface area contributed by atoms with Crippen molar-refractivity contribution in [3.05, 3.63) is 34.1 Å². The third-order valence-electron chi connectivity index (χ3n) is 4.34. The van der Waals surface area contributed by atoms with Crippen molar-refractivity contribution in [1.29, 1.82) is 0 Å². The highest BCUT2D eigenvalue weighted by Crippen LogP contribution is 2.29. The Labute approximate surface area is 136 Å². The summed E-state index contributed by atoms with van der Waals surface area (Å²) >= 11 is 0. The van der Waals surface area contributed by atoms with Gasteiger partial charge in [-0.1, -0.05) is 26.8 Å². The molecule has 124 valence electrons. The van der Waals surface area contributed by atoms with E-state index < -0.39 is 0 Å². The van der Waals surface area contributed by atoms with E-state index >= 15 is 0 Å². The molecule has 0 amide bonds. The molecular weight excluding hydrogens is 290 g/mol. The van der Waals surface area contributed by atoms with E-state index in [-0.39, 0.29) is 11.1 Å². The molecule has 2 heterocycles. The number of nitrogens with one attached hydrogen (secondary N) is 1. The highest BCUT2D eigenvalue weighted by molar-refractivity contribution is 5.66. The lowest BCUT2D eigenvalue weighted by molar-refractivity contribution is 0.563. The molecule has 0 saturated heterocycles. The Balaban J connectivity index is 2.21. The molecule has 0 radical (unpaired) electrons. The second-order valence-electron chi connectivity index (χ2n) is 7.11. The van der Waals surface area contributed by atoms with Crippen LogP contribution in [0.2, 0.25) is 0 Å². The van der Waals surface area contributed by atoms with Gasteiger partial charge in [0.15, 0.2) is 5.82 Å². The van der Waals surface area contributed by atoms with E-state index in [9.17, 15) is 4.79 Å². The number of H-pyrrole nitrogens is 1. The monoisotopic (exact) mass is 315 g/mol.